The van der Waals surface area contributed by atoms with E-state index in [-0.39, 0.29) is 5.48 Å². The Bertz CT molecular complexity index is 213. The summed E-state index contributed by atoms with van der Waals surface area (Å²) in [7, 11) is -9.91. The third kappa shape index (κ3) is 10.2. The average Bonchev–Trinajstić information content (AvgIpc) is 1.79. The van der Waals surface area contributed by atoms with Crippen LogP contribution >= 0.6 is 15.6 Å². The van der Waals surface area contributed by atoms with Gasteiger partial charge in [0.25, 0.3) is 0 Å². The summed E-state index contributed by atoms with van der Waals surface area (Å²) in [5, 5.41) is 8.32. The van der Waals surface area contributed by atoms with Gasteiger partial charge in [-0.05, 0) is 0 Å². The quantitative estimate of drug-likeness (QED) is 0.266. The molecule has 0 aromatic rings. The van der Waals surface area contributed by atoms with Crippen molar-refractivity contribution < 1.29 is 48.3 Å². The molecule has 88 valence electrons. The molecule has 0 saturated carbocycles. The zero-order valence-corrected chi connectivity index (χ0v) is 8.34. The van der Waals surface area contributed by atoms with Crippen LogP contribution in [-0.4, -0.2) is 43.1 Å². The number of aliphatic hydroxyl groups excluding tert-OH is 1. The fourth-order valence-electron chi connectivity index (χ4n) is 0.392. The van der Waals surface area contributed by atoms with Gasteiger partial charge in [0, 0.05) is 0 Å². The van der Waals surface area contributed by atoms with Crippen molar-refractivity contribution in [1.82, 2.24) is 0 Å². The molecule has 0 atom stereocenters. The summed E-state index contributed by atoms with van der Waals surface area (Å²) in [5.41, 5.74) is 0. The van der Waals surface area contributed by atoms with Crippen molar-refractivity contribution in [2.45, 2.75) is 6.29 Å². The largest absolute Gasteiger partial charge is 0.472 e. The Labute approximate surface area is 77.9 Å². The van der Waals surface area contributed by atoms with E-state index in [1.807, 2.05) is 0 Å². The van der Waals surface area contributed by atoms with Crippen LogP contribution < -0.4 is 0 Å². The van der Waals surface area contributed by atoms with Gasteiger partial charge in [-0.3, -0.25) is 9.05 Å². The first-order valence-electron chi connectivity index (χ1n) is 2.73. The van der Waals surface area contributed by atoms with Crippen molar-refractivity contribution >= 4 is 15.6 Å². The molecule has 0 aliphatic heterocycles. The molecule has 0 bridgehead atoms. The lowest BCUT2D eigenvalue weighted by molar-refractivity contribution is -0.0645. The Morgan fingerprint density at radius 2 is 1.29 bits per heavy atom. The number of phosphoric acid groups is 2. The Morgan fingerprint density at radius 3 is 1.43 bits per heavy atom. The second-order valence-electron chi connectivity index (χ2n) is 1.80. The summed E-state index contributed by atoms with van der Waals surface area (Å²) in [4.78, 5) is 32.6. The van der Waals surface area contributed by atoms with Crippen LogP contribution in [0.4, 0.5) is 0 Å². The molecular formula is C2H10O10P2. The van der Waals surface area contributed by atoms with Crippen molar-refractivity contribution in [1.29, 1.82) is 0 Å². The van der Waals surface area contributed by atoms with Crippen LogP contribution in [0, 0.1) is 0 Å². The molecule has 0 heterocycles. The standard InChI is InChI=1S/C2H8O9P2.H2O/c3-1-2(10-12(4,5)6)11-13(7,8)9;/h2-3H,1H2,(H2,4,5,6)(H2,7,8,9);1H2. The fraction of sp³-hybridized carbons (Fsp3) is 1.00. The zero-order valence-electron chi connectivity index (χ0n) is 6.55. The van der Waals surface area contributed by atoms with Crippen molar-refractivity contribution in [3.05, 3.63) is 0 Å². The van der Waals surface area contributed by atoms with Gasteiger partial charge >= 0.3 is 15.6 Å². The number of phosphoric ester groups is 2. The van der Waals surface area contributed by atoms with E-state index >= 15 is 0 Å². The molecule has 0 aromatic carbocycles. The lowest BCUT2D eigenvalue weighted by atomic mass is 10.7. The third-order valence-electron chi connectivity index (χ3n) is 0.659. The number of aliphatic hydroxyl groups is 1. The molecule has 12 heteroatoms. The van der Waals surface area contributed by atoms with Gasteiger partial charge in [-0.2, -0.15) is 0 Å². The van der Waals surface area contributed by atoms with Crippen LogP contribution in [-0.2, 0) is 18.2 Å². The molecule has 0 radical (unpaired) electrons. The molecular weight excluding hydrogens is 246 g/mol. The Hall–Kier alpha value is 0.140. The highest BCUT2D eigenvalue weighted by molar-refractivity contribution is 7.47. The SMILES string of the molecule is O.O=P(O)(O)OC(CO)OP(=O)(O)O. The van der Waals surface area contributed by atoms with Crippen molar-refractivity contribution in [2.24, 2.45) is 0 Å². The molecule has 14 heavy (non-hydrogen) atoms. The molecule has 7 N–H and O–H groups in total. The van der Waals surface area contributed by atoms with E-state index in [4.69, 9.17) is 24.7 Å². The minimum Gasteiger partial charge on any atom is -0.412 e. The van der Waals surface area contributed by atoms with Crippen molar-refractivity contribution in [3.8, 4) is 0 Å². The summed E-state index contributed by atoms with van der Waals surface area (Å²) in [6, 6.07) is 0. The van der Waals surface area contributed by atoms with E-state index < -0.39 is 28.5 Å². The van der Waals surface area contributed by atoms with Gasteiger partial charge in [-0.1, -0.05) is 0 Å². The summed E-state index contributed by atoms with van der Waals surface area (Å²) in [5.74, 6) is 0. The average molecular weight is 256 g/mol. The maximum Gasteiger partial charge on any atom is 0.472 e. The van der Waals surface area contributed by atoms with Gasteiger partial charge in [0.15, 0.2) is 0 Å². The summed E-state index contributed by atoms with van der Waals surface area (Å²) >= 11 is 0. The first kappa shape index (κ1) is 16.6. The zero-order chi connectivity index (χ0) is 10.7. The number of rotatable bonds is 5. The Kier molecular flexibility index (Phi) is 6.96. The van der Waals surface area contributed by atoms with E-state index in [0.29, 0.717) is 0 Å². The molecule has 0 amide bonds. The van der Waals surface area contributed by atoms with E-state index in [1.165, 1.54) is 0 Å². The van der Waals surface area contributed by atoms with E-state index in [2.05, 4.69) is 9.05 Å². The minimum atomic E-state index is -4.95. The Balaban J connectivity index is 0. The van der Waals surface area contributed by atoms with Crippen LogP contribution in [0.25, 0.3) is 0 Å². The molecule has 0 fully saturated rings. The maximum atomic E-state index is 10.1. The van der Waals surface area contributed by atoms with E-state index in [1.54, 1.807) is 0 Å². The highest BCUT2D eigenvalue weighted by Crippen LogP contribution is 2.43. The topological polar surface area (TPSA) is 185 Å². The van der Waals surface area contributed by atoms with Gasteiger partial charge in [0.1, 0.15) is 0 Å². The highest BCUT2D eigenvalue weighted by Gasteiger charge is 2.28. The molecule has 10 nitrogen and oxygen atoms in total. The third-order valence-corrected chi connectivity index (χ3v) is 1.68. The van der Waals surface area contributed by atoms with Gasteiger partial charge in [0.05, 0.1) is 6.61 Å². The molecule has 0 aliphatic rings. The highest BCUT2D eigenvalue weighted by atomic mass is 31.2. The second-order valence-corrected chi connectivity index (χ2v) is 4.19. The summed E-state index contributed by atoms with van der Waals surface area (Å²) in [6.45, 7) is -1.10. The van der Waals surface area contributed by atoms with Crippen LogP contribution in [0.2, 0.25) is 0 Å². The molecule has 0 aromatic heterocycles. The molecule has 0 spiro atoms. The summed E-state index contributed by atoms with van der Waals surface area (Å²) in [6.07, 6.45) is -2.07. The van der Waals surface area contributed by atoms with Crippen LogP contribution in [0.3, 0.4) is 0 Å². The van der Waals surface area contributed by atoms with Crippen LogP contribution in [0.5, 0.6) is 0 Å². The van der Waals surface area contributed by atoms with Crippen LogP contribution in [0.1, 0.15) is 0 Å². The van der Waals surface area contributed by atoms with Gasteiger partial charge in [-0.25, -0.2) is 9.13 Å². The molecule has 0 saturated heterocycles. The van der Waals surface area contributed by atoms with Gasteiger partial charge in [-0.15, -0.1) is 0 Å². The lowest BCUT2D eigenvalue weighted by Crippen LogP contribution is -2.18. The number of hydrogen-bond acceptors (Lipinski definition) is 5. The van der Waals surface area contributed by atoms with Crippen molar-refractivity contribution in [2.75, 3.05) is 6.61 Å². The lowest BCUT2D eigenvalue weighted by Gasteiger charge is -2.16. The smallest absolute Gasteiger partial charge is 0.412 e. The normalized spacial score (nSPS) is 12.7. The predicted octanol–water partition coefficient (Wildman–Crippen LogP) is -2.30. The Morgan fingerprint density at radius 1 is 1.00 bits per heavy atom. The van der Waals surface area contributed by atoms with Crippen LogP contribution in [0.15, 0.2) is 0 Å². The predicted molar refractivity (Wildman–Crippen MR) is 40.7 cm³/mol. The molecule has 0 rings (SSSR count). The van der Waals surface area contributed by atoms with Gasteiger partial charge < -0.3 is 30.2 Å². The summed E-state index contributed by atoms with van der Waals surface area (Å²) < 4.78 is 27.6. The van der Waals surface area contributed by atoms with E-state index in [9.17, 15) is 9.13 Å². The molecule has 0 unspecified atom stereocenters. The van der Waals surface area contributed by atoms with Crippen molar-refractivity contribution in [3.63, 3.8) is 0 Å². The monoisotopic (exact) mass is 256 g/mol. The maximum absolute atomic E-state index is 10.1. The first-order chi connectivity index (χ1) is 5.64. The van der Waals surface area contributed by atoms with Gasteiger partial charge in [0.2, 0.25) is 6.29 Å². The second kappa shape index (κ2) is 5.89. The van der Waals surface area contributed by atoms with E-state index in [0.717, 1.165) is 0 Å². The first-order valence-corrected chi connectivity index (χ1v) is 5.79. The molecule has 0 aliphatic carbocycles. The minimum absolute atomic E-state index is 0. The fourth-order valence-corrected chi connectivity index (χ4v) is 1.29. The number of hydrogen-bond donors (Lipinski definition) is 5.